The topological polar surface area (TPSA) is 152 Å². The third-order valence-electron chi connectivity index (χ3n) is 9.95. The molecule has 11 nitrogen and oxygen atoms in total. The van der Waals surface area contributed by atoms with E-state index in [2.05, 4.69) is 81.5 Å². The molecule has 2 amide bonds. The lowest BCUT2D eigenvalue weighted by molar-refractivity contribution is -0.384. The van der Waals surface area contributed by atoms with Gasteiger partial charge in [0.1, 0.15) is 0 Å². The molecular weight excluding hydrogens is 644 g/mol. The van der Waals surface area contributed by atoms with Crippen LogP contribution in [0.5, 0.6) is 0 Å². The number of non-ortho nitro benzene ring substituents is 1. The first kappa shape index (κ1) is 37.4. The average molecular weight is 695 g/mol. The molecule has 1 unspecified atom stereocenters. The third-order valence-corrected chi connectivity index (χ3v) is 9.95. The summed E-state index contributed by atoms with van der Waals surface area (Å²) in [6, 6.07) is 27.6. The number of carbonyl (C=O) groups is 2. The van der Waals surface area contributed by atoms with E-state index < -0.39 is 10.8 Å². The number of nitrogens with zero attached hydrogens (tertiary/aromatic N) is 2. The van der Waals surface area contributed by atoms with Gasteiger partial charge in [-0.15, -0.1) is 0 Å². The molecule has 0 aromatic heterocycles. The Morgan fingerprint density at radius 2 is 1.49 bits per heavy atom. The first-order chi connectivity index (χ1) is 24.8. The number of nitrogens with one attached hydrogen (secondary N) is 3. The molecule has 1 saturated heterocycles. The van der Waals surface area contributed by atoms with E-state index in [0.29, 0.717) is 60.8 Å². The Labute approximate surface area is 300 Å². The number of hydrogen-bond acceptors (Lipinski definition) is 8. The molecule has 2 heterocycles. The Morgan fingerprint density at radius 3 is 2.04 bits per heavy atom. The zero-order valence-electron chi connectivity index (χ0n) is 29.7. The summed E-state index contributed by atoms with van der Waals surface area (Å²) in [6.07, 6.45) is 3.25. The maximum atomic E-state index is 14.2. The first-order valence-corrected chi connectivity index (χ1v) is 18.0. The van der Waals surface area contributed by atoms with Gasteiger partial charge in [-0.1, -0.05) is 79.7 Å². The quantitative estimate of drug-likeness (QED) is 0.0940. The maximum absolute atomic E-state index is 14.2. The van der Waals surface area contributed by atoms with E-state index in [0.717, 1.165) is 38.9 Å². The minimum Gasteiger partial charge on any atom is -0.374 e. The van der Waals surface area contributed by atoms with E-state index in [4.69, 9.17) is 10.5 Å². The summed E-state index contributed by atoms with van der Waals surface area (Å²) in [5, 5.41) is 20.8. The number of amides is 2. The third kappa shape index (κ3) is 8.73. The van der Waals surface area contributed by atoms with Crippen molar-refractivity contribution < 1.29 is 19.2 Å². The van der Waals surface area contributed by atoms with E-state index in [1.54, 1.807) is 12.1 Å². The molecular formula is C40H50N6O5. The molecule has 2 aliphatic heterocycles. The summed E-state index contributed by atoms with van der Waals surface area (Å²) < 4.78 is 5.81. The lowest BCUT2D eigenvalue weighted by Crippen LogP contribution is -2.44. The van der Waals surface area contributed by atoms with Crippen molar-refractivity contribution in [2.45, 2.75) is 50.9 Å². The van der Waals surface area contributed by atoms with Crippen molar-refractivity contribution in [3.05, 3.63) is 134 Å². The lowest BCUT2D eigenvalue weighted by atomic mass is 9.68. The molecule has 270 valence electrons. The van der Waals surface area contributed by atoms with Crippen LogP contribution in [0.15, 0.2) is 107 Å². The Kier molecular flexibility index (Phi) is 13.1. The summed E-state index contributed by atoms with van der Waals surface area (Å²) in [7, 11) is 0. The van der Waals surface area contributed by atoms with Crippen LogP contribution in [0.3, 0.4) is 0 Å². The highest BCUT2D eigenvalue weighted by atomic mass is 16.6. The molecule has 0 spiro atoms. The molecule has 0 radical (unpaired) electrons. The molecule has 3 aromatic carbocycles. The average Bonchev–Trinajstić information content (AvgIpc) is 3.17. The van der Waals surface area contributed by atoms with Crippen LogP contribution in [-0.4, -0.2) is 74.1 Å². The number of likely N-dealkylation sites (N-methyl/N-ethyl adjacent to an activating group) is 1. The Bertz CT molecular complexity index is 1660. The van der Waals surface area contributed by atoms with Crippen LogP contribution in [0.25, 0.3) is 0 Å². The fourth-order valence-electron chi connectivity index (χ4n) is 7.39. The van der Waals surface area contributed by atoms with Gasteiger partial charge in [0, 0.05) is 54.4 Å². The minimum atomic E-state index is -0.767. The van der Waals surface area contributed by atoms with Gasteiger partial charge in [0.2, 0.25) is 11.8 Å². The van der Waals surface area contributed by atoms with Crippen molar-refractivity contribution in [1.82, 2.24) is 20.9 Å². The van der Waals surface area contributed by atoms with Crippen LogP contribution in [0.2, 0.25) is 0 Å². The zero-order chi connectivity index (χ0) is 36.2. The highest BCUT2D eigenvalue weighted by Gasteiger charge is 2.39. The van der Waals surface area contributed by atoms with Gasteiger partial charge in [-0.05, 0) is 68.9 Å². The number of allylic oxidation sites excluding steroid dienone is 1. The van der Waals surface area contributed by atoms with E-state index in [9.17, 15) is 19.7 Å². The number of likely N-dealkylation sites (tertiary alicyclic amines) is 1. The highest BCUT2D eigenvalue weighted by Crippen LogP contribution is 2.42. The first-order valence-electron chi connectivity index (χ1n) is 18.0. The molecule has 0 saturated carbocycles. The van der Waals surface area contributed by atoms with Gasteiger partial charge in [-0.25, -0.2) is 0 Å². The van der Waals surface area contributed by atoms with Crippen LogP contribution in [-0.2, 0) is 19.7 Å². The number of rotatable bonds is 16. The number of nitro benzene ring substituents is 1. The van der Waals surface area contributed by atoms with Gasteiger partial charge < -0.3 is 31.3 Å². The number of hydrogen-bond donors (Lipinski definition) is 4. The van der Waals surface area contributed by atoms with Crippen molar-refractivity contribution in [3.63, 3.8) is 0 Å². The van der Waals surface area contributed by atoms with Crippen LogP contribution < -0.4 is 21.7 Å². The second-order valence-electron chi connectivity index (χ2n) is 13.0. The summed E-state index contributed by atoms with van der Waals surface area (Å²) in [5.41, 5.74) is 10.9. The fraction of sp³-hybridized carbons (Fsp3) is 0.400. The predicted molar refractivity (Wildman–Crippen MR) is 199 cm³/mol. The second kappa shape index (κ2) is 17.9. The lowest BCUT2D eigenvalue weighted by Gasteiger charge is -2.43. The fourth-order valence-corrected chi connectivity index (χ4v) is 7.39. The van der Waals surface area contributed by atoms with E-state index in [1.807, 2.05) is 13.8 Å². The van der Waals surface area contributed by atoms with Gasteiger partial charge in [-0.3, -0.25) is 19.7 Å². The summed E-state index contributed by atoms with van der Waals surface area (Å²) >= 11 is 0. The second-order valence-corrected chi connectivity index (χ2v) is 13.0. The number of nitrogens with two attached hydrogens (primary N) is 1. The maximum Gasteiger partial charge on any atom is 0.269 e. The number of carbonyl (C=O) groups excluding carboxylic acids is 2. The molecule has 0 aliphatic carbocycles. The predicted octanol–water partition coefficient (Wildman–Crippen LogP) is 4.90. The van der Waals surface area contributed by atoms with Gasteiger partial charge in [0.15, 0.2) is 0 Å². The number of piperidine rings is 1. The zero-order valence-corrected chi connectivity index (χ0v) is 29.7. The van der Waals surface area contributed by atoms with Gasteiger partial charge in [0.05, 0.1) is 29.4 Å². The van der Waals surface area contributed by atoms with Crippen LogP contribution in [0.1, 0.15) is 62.1 Å². The van der Waals surface area contributed by atoms with E-state index in [1.165, 1.54) is 23.3 Å². The van der Waals surface area contributed by atoms with E-state index in [-0.39, 0.29) is 29.5 Å². The normalized spacial score (nSPS) is 17.5. The van der Waals surface area contributed by atoms with Crippen molar-refractivity contribution in [2.75, 3.05) is 52.5 Å². The Morgan fingerprint density at radius 1 is 0.902 bits per heavy atom. The SMILES string of the molecule is CCNC(=O)C1=C(CC)NC(COCCN)=C(C(=O)NCCCN2CCC(c3ccccc3)(c3ccccc3)CC2)C1c1ccc([N+](=O)[O-])cc1. The Balaban J connectivity index is 1.32. The van der Waals surface area contributed by atoms with Crippen molar-refractivity contribution in [3.8, 4) is 0 Å². The van der Waals surface area contributed by atoms with Gasteiger partial charge in [0.25, 0.3) is 5.69 Å². The smallest absolute Gasteiger partial charge is 0.269 e. The molecule has 2 aliphatic rings. The molecule has 5 N–H and O–H groups in total. The monoisotopic (exact) mass is 694 g/mol. The Hall–Kier alpha value is -4.84. The molecule has 1 atom stereocenters. The molecule has 3 aromatic rings. The number of benzene rings is 3. The number of dihydropyridines is 1. The van der Waals surface area contributed by atoms with Gasteiger partial charge >= 0.3 is 0 Å². The van der Waals surface area contributed by atoms with Crippen molar-refractivity contribution in [2.24, 2.45) is 5.73 Å². The summed E-state index contributed by atoms with van der Waals surface area (Å²) in [6.45, 7) is 8.02. The van der Waals surface area contributed by atoms with Crippen LogP contribution in [0, 0.1) is 10.1 Å². The molecule has 5 rings (SSSR count). The molecule has 11 heteroatoms. The van der Waals surface area contributed by atoms with Crippen molar-refractivity contribution >= 4 is 17.5 Å². The van der Waals surface area contributed by atoms with Gasteiger partial charge in [-0.2, -0.15) is 0 Å². The largest absolute Gasteiger partial charge is 0.374 e. The highest BCUT2D eigenvalue weighted by molar-refractivity contribution is 6.04. The molecule has 0 bridgehead atoms. The standard InChI is InChI=1S/C40H50N6O5/c1-3-33-36(38(47)42-4-2)35(29-16-18-32(19-17-29)46(49)50)37(34(44-33)28-51-27-22-41)39(48)43-23-11-24-45-25-20-40(21-26-45,30-12-7-5-8-13-30)31-14-9-6-10-15-31/h5-10,12-19,35,44H,3-4,11,20-28,41H2,1-2H3,(H,42,47)(H,43,48). The number of ether oxygens (including phenoxy) is 1. The number of nitro groups is 1. The minimum absolute atomic E-state index is 0.0322. The molecule has 51 heavy (non-hydrogen) atoms. The summed E-state index contributed by atoms with van der Waals surface area (Å²) in [5.74, 6) is -1.39. The summed E-state index contributed by atoms with van der Waals surface area (Å²) in [4.78, 5) is 41.3. The van der Waals surface area contributed by atoms with Crippen LogP contribution >= 0.6 is 0 Å². The van der Waals surface area contributed by atoms with E-state index >= 15 is 0 Å². The van der Waals surface area contributed by atoms with Crippen molar-refractivity contribution in [1.29, 1.82) is 0 Å². The molecule has 1 fully saturated rings. The van der Waals surface area contributed by atoms with Crippen LogP contribution in [0.4, 0.5) is 5.69 Å².